The van der Waals surface area contributed by atoms with Gasteiger partial charge >= 0.3 is 15.1 Å². The number of hydrogen-bond acceptors (Lipinski definition) is 7. The van der Waals surface area contributed by atoms with Gasteiger partial charge in [-0.25, -0.2) is 4.57 Å². The smallest absolute Gasteiger partial charge is 0.371 e. The van der Waals surface area contributed by atoms with Gasteiger partial charge in [-0.15, -0.1) is 4.52 Å². The Bertz CT molecular complexity index is 526. The number of nitrogens with zero attached hydrogens (tertiary/aromatic N) is 1. The molecule has 4 atom stereocenters. The first-order valence-electron chi connectivity index (χ1n) is 6.12. The molecule has 0 bridgehead atoms. The van der Waals surface area contributed by atoms with E-state index in [0.717, 1.165) is 0 Å². The third kappa shape index (κ3) is 5.00. The number of amides is 1. The third-order valence-corrected chi connectivity index (χ3v) is 4.32. The Hall–Kier alpha value is -0.510. The monoisotopic (exact) mass is 373 g/mol. The summed E-state index contributed by atoms with van der Waals surface area (Å²) in [5, 5.41) is 2.60. The number of nitrogens with one attached hydrogen (secondary N) is 1. The van der Waals surface area contributed by atoms with Gasteiger partial charge in [-0.1, -0.05) is 0 Å². The van der Waals surface area contributed by atoms with Gasteiger partial charge < -0.3 is 24.7 Å². The fourth-order valence-corrected chi connectivity index (χ4v) is 3.32. The Kier molecular flexibility index (Phi) is 5.98. The van der Waals surface area contributed by atoms with Gasteiger partial charge in [0.25, 0.3) is 0 Å². The molecule has 1 saturated heterocycles. The topological polar surface area (TPSA) is 135 Å². The van der Waals surface area contributed by atoms with E-state index in [4.69, 9.17) is 19.0 Å². The van der Waals surface area contributed by atoms with Crippen molar-refractivity contribution in [2.75, 3.05) is 19.9 Å². The van der Waals surface area contributed by atoms with Gasteiger partial charge in [0.15, 0.2) is 6.10 Å². The highest BCUT2D eigenvalue weighted by molar-refractivity contribution is 8.39. The molecule has 2 rings (SSSR count). The molecule has 3 unspecified atom stereocenters. The van der Waals surface area contributed by atoms with E-state index in [1.165, 1.54) is 6.08 Å². The molecule has 22 heavy (non-hydrogen) atoms. The molecular formula is C9H15N2O8P2S+. The minimum absolute atomic E-state index is 0.150. The molecule has 0 spiro atoms. The zero-order valence-electron chi connectivity index (χ0n) is 11.1. The van der Waals surface area contributed by atoms with Crippen molar-refractivity contribution in [3.05, 3.63) is 12.3 Å². The summed E-state index contributed by atoms with van der Waals surface area (Å²) < 4.78 is 37.1. The van der Waals surface area contributed by atoms with Crippen LogP contribution in [0.25, 0.3) is 0 Å². The predicted octanol–water partition coefficient (Wildman–Crippen LogP) is -0.262. The molecule has 2 aliphatic rings. The van der Waals surface area contributed by atoms with E-state index < -0.39 is 39.9 Å². The number of carbonyl (C=O) groups is 1. The first kappa shape index (κ1) is 17.8. The molecule has 2 heterocycles. The van der Waals surface area contributed by atoms with Gasteiger partial charge in [0.05, 0.1) is 25.9 Å². The molecule has 0 aromatic carbocycles. The maximum absolute atomic E-state index is 11.3. The maximum atomic E-state index is 11.3. The Morgan fingerprint density at radius 2 is 2.32 bits per heavy atom. The molecule has 0 saturated carbocycles. The first-order chi connectivity index (χ1) is 10.3. The predicted molar refractivity (Wildman–Crippen MR) is 77.0 cm³/mol. The Balaban J connectivity index is 2.06. The summed E-state index contributed by atoms with van der Waals surface area (Å²) in [5.41, 5.74) is 0. The van der Waals surface area contributed by atoms with Gasteiger partial charge in [-0.05, 0) is 4.57 Å². The van der Waals surface area contributed by atoms with Crippen LogP contribution in [-0.4, -0.2) is 58.7 Å². The molecule has 0 aromatic heterocycles. The highest BCUT2D eigenvalue weighted by Crippen LogP contribution is 2.39. The Morgan fingerprint density at radius 1 is 1.59 bits per heavy atom. The quantitative estimate of drug-likeness (QED) is 0.367. The third-order valence-electron chi connectivity index (χ3n) is 3.12. The van der Waals surface area contributed by atoms with Crippen molar-refractivity contribution in [2.24, 2.45) is 0 Å². The summed E-state index contributed by atoms with van der Waals surface area (Å²) in [7, 11) is -6.91. The van der Waals surface area contributed by atoms with Crippen molar-refractivity contribution in [3.8, 4) is 0 Å². The molecule has 0 aliphatic carbocycles. The van der Waals surface area contributed by atoms with E-state index in [1.807, 2.05) is 0 Å². The van der Waals surface area contributed by atoms with Crippen molar-refractivity contribution >= 4 is 33.2 Å². The van der Waals surface area contributed by atoms with Crippen LogP contribution in [0.15, 0.2) is 12.3 Å². The summed E-state index contributed by atoms with van der Waals surface area (Å²) in [4.78, 5) is 30.3. The van der Waals surface area contributed by atoms with Crippen LogP contribution in [0.5, 0.6) is 0 Å². The van der Waals surface area contributed by atoms with E-state index in [2.05, 4.69) is 22.1 Å². The fraction of sp³-hybridized carbons (Fsp3) is 0.667. The molecular weight excluding hydrogens is 358 g/mol. The number of phosphoric acid groups is 1. The van der Waals surface area contributed by atoms with Gasteiger partial charge in [-0.2, -0.15) is 0 Å². The van der Waals surface area contributed by atoms with Crippen LogP contribution in [0.4, 0.5) is 0 Å². The van der Waals surface area contributed by atoms with E-state index >= 15 is 0 Å². The molecule has 13 heteroatoms. The van der Waals surface area contributed by atoms with Gasteiger partial charge in [0.2, 0.25) is 5.91 Å². The van der Waals surface area contributed by atoms with Gasteiger partial charge in [0, 0.05) is 12.3 Å². The lowest BCUT2D eigenvalue weighted by molar-refractivity contribution is -0.118. The number of hydrogen-bond donors (Lipinski definition) is 4. The van der Waals surface area contributed by atoms with Crippen LogP contribution in [0, 0.1) is 0 Å². The average molecular weight is 373 g/mol. The Labute approximate surface area is 132 Å². The summed E-state index contributed by atoms with van der Waals surface area (Å²) >= 11 is 3.69. The molecule has 2 aliphatic heterocycles. The van der Waals surface area contributed by atoms with E-state index in [1.54, 1.807) is 11.1 Å². The standard InChI is InChI=1S/C9H14N2O8P2S/c12-8-1-2-11(5-10-8)6-3-17-7(4-18-21(14,15)16)9(6)19-20(13)22/h1-2,6-7,9H,3-5H2,(H3-,10,12,13,14,15,16,22)/p+1/t6?,7-,9?/m1/s1. The molecule has 0 radical (unpaired) electrons. The Morgan fingerprint density at radius 3 is 2.86 bits per heavy atom. The maximum Gasteiger partial charge on any atom is 0.582 e. The van der Waals surface area contributed by atoms with E-state index in [9.17, 15) is 13.9 Å². The number of carbonyl (C=O) groups excluding carboxylic acids is 1. The van der Waals surface area contributed by atoms with Crippen molar-refractivity contribution in [1.29, 1.82) is 0 Å². The van der Waals surface area contributed by atoms with E-state index in [0.29, 0.717) is 0 Å². The first-order valence-corrected chi connectivity index (χ1v) is 9.99. The minimum Gasteiger partial charge on any atom is -0.371 e. The van der Waals surface area contributed by atoms with Gasteiger partial charge in [-0.3, -0.25) is 9.32 Å². The number of phosphoric ester groups is 1. The fourth-order valence-electron chi connectivity index (χ4n) is 2.17. The molecule has 0 aromatic rings. The zero-order valence-corrected chi connectivity index (χ0v) is 13.8. The lowest BCUT2D eigenvalue weighted by Crippen LogP contribution is -2.49. The summed E-state index contributed by atoms with van der Waals surface area (Å²) in [5.74, 6) is -0.241. The SMILES string of the molecule is O=C1C=CN(C2CO[C@H](COP(=O)(O)O)C2O[P+](=O)S)CN1. The zero-order chi connectivity index (χ0) is 16.3. The average Bonchev–Trinajstić information content (AvgIpc) is 2.79. The van der Waals surface area contributed by atoms with Gasteiger partial charge in [0.1, 0.15) is 18.4 Å². The second kappa shape index (κ2) is 7.37. The van der Waals surface area contributed by atoms with Crippen LogP contribution >= 0.6 is 27.3 Å². The van der Waals surface area contributed by atoms with Crippen LogP contribution in [0.2, 0.25) is 0 Å². The summed E-state index contributed by atoms with van der Waals surface area (Å²) in [6.45, 7) is -0.0675. The summed E-state index contributed by atoms with van der Waals surface area (Å²) in [6.07, 6.45) is 1.25. The largest absolute Gasteiger partial charge is 0.582 e. The number of thiol groups is 1. The molecule has 1 amide bonds. The lowest BCUT2D eigenvalue weighted by Gasteiger charge is -2.31. The molecule has 10 nitrogen and oxygen atoms in total. The highest BCUT2D eigenvalue weighted by atomic mass is 32.7. The number of rotatable bonds is 6. The second-order valence-electron chi connectivity index (χ2n) is 4.56. The van der Waals surface area contributed by atoms with Crippen molar-refractivity contribution in [1.82, 2.24) is 10.2 Å². The highest BCUT2D eigenvalue weighted by Gasteiger charge is 2.46. The summed E-state index contributed by atoms with van der Waals surface area (Å²) in [6, 6.07) is -0.409. The second-order valence-corrected chi connectivity index (χ2v) is 7.47. The molecule has 124 valence electrons. The van der Waals surface area contributed by atoms with Crippen LogP contribution in [0.3, 0.4) is 0 Å². The van der Waals surface area contributed by atoms with Crippen LogP contribution in [0.1, 0.15) is 0 Å². The van der Waals surface area contributed by atoms with Crippen LogP contribution in [-0.2, 0) is 27.7 Å². The van der Waals surface area contributed by atoms with Crippen LogP contribution < -0.4 is 5.32 Å². The van der Waals surface area contributed by atoms with Crippen molar-refractivity contribution < 1.29 is 37.5 Å². The lowest BCUT2D eigenvalue weighted by atomic mass is 10.1. The van der Waals surface area contributed by atoms with Crippen molar-refractivity contribution in [2.45, 2.75) is 18.2 Å². The molecule has 1 fully saturated rings. The van der Waals surface area contributed by atoms with E-state index in [-0.39, 0.29) is 19.2 Å². The number of ether oxygens (including phenoxy) is 1. The minimum atomic E-state index is -4.65. The normalized spacial score (nSPS) is 29.6. The molecule has 3 N–H and O–H groups in total. The van der Waals surface area contributed by atoms with Crippen molar-refractivity contribution in [3.63, 3.8) is 0 Å².